The molecule has 0 fully saturated rings. The van der Waals surface area contributed by atoms with Crippen LogP contribution in [-0.2, 0) is 24.1 Å². The maximum absolute atomic E-state index is 13.4. The van der Waals surface area contributed by atoms with Crippen molar-refractivity contribution in [3.05, 3.63) is 70.1 Å². The average molecular weight is 357 g/mol. The fourth-order valence-corrected chi connectivity index (χ4v) is 3.71. The zero-order valence-electron chi connectivity index (χ0n) is 13.6. The number of carbonyl (C=O) groups is 1. The van der Waals surface area contributed by atoms with Crippen LogP contribution in [0.3, 0.4) is 0 Å². The second-order valence-electron chi connectivity index (χ2n) is 6.58. The summed E-state index contributed by atoms with van der Waals surface area (Å²) in [6.45, 7) is 0. The molecule has 0 spiro atoms. The molecule has 1 aromatic heterocycles. The highest BCUT2D eigenvalue weighted by atomic mass is 35.5. The number of aryl methyl sites for hydroxylation is 1. The molecule has 2 N–H and O–H groups in total. The van der Waals surface area contributed by atoms with E-state index < -0.39 is 0 Å². The molecule has 1 heterocycles. The van der Waals surface area contributed by atoms with E-state index in [1.807, 2.05) is 18.2 Å². The molecule has 0 bridgehead atoms. The number of halogens is 2. The minimum Gasteiger partial charge on any atom is -0.358 e. The maximum atomic E-state index is 13.4. The molecular formula is C20H18ClFN2O. The zero-order chi connectivity index (χ0) is 17.4. The van der Waals surface area contributed by atoms with E-state index in [1.54, 1.807) is 12.1 Å². The summed E-state index contributed by atoms with van der Waals surface area (Å²) in [4.78, 5) is 15.6. The Labute approximate surface area is 150 Å². The van der Waals surface area contributed by atoms with Crippen LogP contribution in [0.5, 0.6) is 0 Å². The van der Waals surface area contributed by atoms with Gasteiger partial charge in [-0.2, -0.15) is 0 Å². The van der Waals surface area contributed by atoms with E-state index in [9.17, 15) is 9.18 Å². The van der Waals surface area contributed by atoms with E-state index in [4.69, 9.17) is 11.6 Å². The monoisotopic (exact) mass is 356 g/mol. The van der Waals surface area contributed by atoms with Crippen molar-refractivity contribution >= 4 is 28.4 Å². The molecule has 0 radical (unpaired) electrons. The molecule has 0 aliphatic heterocycles. The number of aromatic nitrogens is 1. The fraction of sp³-hybridized carbons (Fsp3) is 0.250. The first-order chi connectivity index (χ1) is 12.1. The highest BCUT2D eigenvalue weighted by Crippen LogP contribution is 2.29. The Bertz CT molecular complexity index is 933. The molecule has 25 heavy (non-hydrogen) atoms. The number of H-pyrrole nitrogens is 1. The second-order valence-corrected chi connectivity index (χ2v) is 7.02. The summed E-state index contributed by atoms with van der Waals surface area (Å²) in [6.07, 6.45) is 2.86. The zero-order valence-corrected chi connectivity index (χ0v) is 14.4. The smallest absolute Gasteiger partial charge is 0.224 e. The lowest BCUT2D eigenvalue weighted by Crippen LogP contribution is -2.39. The molecular weight excluding hydrogens is 339 g/mol. The first kappa shape index (κ1) is 16.2. The van der Waals surface area contributed by atoms with Crippen molar-refractivity contribution in [3.63, 3.8) is 0 Å². The van der Waals surface area contributed by atoms with Gasteiger partial charge in [-0.25, -0.2) is 4.39 Å². The van der Waals surface area contributed by atoms with Crippen LogP contribution in [0.15, 0.2) is 42.5 Å². The minimum absolute atomic E-state index is 0.0154. The number of rotatable bonds is 3. The number of hydrogen-bond donors (Lipinski definition) is 2. The number of hydrogen-bond acceptors (Lipinski definition) is 1. The predicted molar refractivity (Wildman–Crippen MR) is 97.4 cm³/mol. The van der Waals surface area contributed by atoms with Gasteiger partial charge in [0.1, 0.15) is 5.82 Å². The maximum Gasteiger partial charge on any atom is 0.224 e. The number of amides is 1. The Morgan fingerprint density at radius 1 is 1.24 bits per heavy atom. The van der Waals surface area contributed by atoms with Crippen LogP contribution >= 0.6 is 11.6 Å². The standard InChI is InChI=1S/C20H18ClFN2O/c21-13-3-1-12(2-4-13)9-20(25)23-15-6-8-18-17(11-15)16-7-5-14(22)10-19(16)24-18/h1-5,7,10,15,24H,6,8-9,11H2,(H,23,25). The second kappa shape index (κ2) is 6.52. The van der Waals surface area contributed by atoms with Crippen molar-refractivity contribution in [2.45, 2.75) is 31.7 Å². The lowest BCUT2D eigenvalue weighted by molar-refractivity contribution is -0.121. The van der Waals surface area contributed by atoms with Gasteiger partial charge in [0.2, 0.25) is 5.91 Å². The van der Waals surface area contributed by atoms with Crippen LogP contribution in [0.1, 0.15) is 23.2 Å². The van der Waals surface area contributed by atoms with Crippen LogP contribution in [0.4, 0.5) is 4.39 Å². The van der Waals surface area contributed by atoms with Gasteiger partial charge in [-0.15, -0.1) is 0 Å². The van der Waals surface area contributed by atoms with Gasteiger partial charge in [0.25, 0.3) is 0 Å². The van der Waals surface area contributed by atoms with Crippen molar-refractivity contribution in [3.8, 4) is 0 Å². The summed E-state index contributed by atoms with van der Waals surface area (Å²) in [5, 5.41) is 4.84. The van der Waals surface area contributed by atoms with Gasteiger partial charge in [-0.05, 0) is 60.7 Å². The van der Waals surface area contributed by atoms with Crippen LogP contribution in [0.25, 0.3) is 10.9 Å². The number of nitrogens with one attached hydrogen (secondary N) is 2. The molecule has 1 unspecified atom stereocenters. The van der Waals surface area contributed by atoms with E-state index in [0.29, 0.717) is 11.4 Å². The normalized spacial score (nSPS) is 16.6. The SMILES string of the molecule is O=C(Cc1ccc(Cl)cc1)NC1CCc2[nH]c3cc(F)ccc3c2C1. The van der Waals surface area contributed by atoms with E-state index in [2.05, 4.69) is 10.3 Å². The summed E-state index contributed by atoms with van der Waals surface area (Å²) in [5.74, 6) is -0.222. The number of carbonyl (C=O) groups excluding carboxylic acids is 1. The first-order valence-electron chi connectivity index (χ1n) is 8.41. The summed E-state index contributed by atoms with van der Waals surface area (Å²) in [7, 11) is 0. The van der Waals surface area contributed by atoms with E-state index >= 15 is 0 Å². The third-order valence-electron chi connectivity index (χ3n) is 4.79. The third kappa shape index (κ3) is 3.40. The lowest BCUT2D eigenvalue weighted by atomic mass is 9.91. The van der Waals surface area contributed by atoms with Crippen molar-refractivity contribution in [2.24, 2.45) is 0 Å². The van der Waals surface area contributed by atoms with Crippen molar-refractivity contribution in [2.75, 3.05) is 0 Å². The van der Waals surface area contributed by atoms with Crippen LogP contribution < -0.4 is 5.32 Å². The Kier molecular flexibility index (Phi) is 4.22. The predicted octanol–water partition coefficient (Wildman–Crippen LogP) is 4.18. The minimum atomic E-state index is -0.237. The summed E-state index contributed by atoms with van der Waals surface area (Å²) in [5.41, 5.74) is 4.13. The van der Waals surface area contributed by atoms with Gasteiger partial charge in [0.05, 0.1) is 6.42 Å². The number of fused-ring (bicyclic) bond motifs is 3. The fourth-order valence-electron chi connectivity index (χ4n) is 3.59. The Balaban J connectivity index is 1.46. The van der Waals surface area contributed by atoms with Crippen LogP contribution in [-0.4, -0.2) is 16.9 Å². The highest BCUT2D eigenvalue weighted by molar-refractivity contribution is 6.30. The molecule has 2 aromatic carbocycles. The highest BCUT2D eigenvalue weighted by Gasteiger charge is 2.23. The molecule has 1 aliphatic carbocycles. The molecule has 1 atom stereocenters. The van der Waals surface area contributed by atoms with E-state index in [1.165, 1.54) is 17.7 Å². The topological polar surface area (TPSA) is 44.9 Å². The molecule has 1 aliphatic rings. The summed E-state index contributed by atoms with van der Waals surface area (Å²) >= 11 is 5.87. The molecule has 0 saturated heterocycles. The first-order valence-corrected chi connectivity index (χ1v) is 8.79. The summed E-state index contributed by atoms with van der Waals surface area (Å²) in [6, 6.07) is 12.3. The van der Waals surface area contributed by atoms with Gasteiger partial charge in [0, 0.05) is 27.7 Å². The van der Waals surface area contributed by atoms with Gasteiger partial charge in [0.15, 0.2) is 0 Å². The summed E-state index contributed by atoms with van der Waals surface area (Å²) < 4.78 is 13.4. The molecule has 5 heteroatoms. The Morgan fingerprint density at radius 2 is 2.04 bits per heavy atom. The van der Waals surface area contributed by atoms with E-state index in [0.717, 1.165) is 41.4 Å². The van der Waals surface area contributed by atoms with Crippen molar-refractivity contribution in [1.82, 2.24) is 10.3 Å². The Hall–Kier alpha value is -2.33. The molecule has 3 nitrogen and oxygen atoms in total. The lowest BCUT2D eigenvalue weighted by Gasteiger charge is -2.23. The van der Waals surface area contributed by atoms with Crippen molar-refractivity contribution < 1.29 is 9.18 Å². The van der Waals surface area contributed by atoms with E-state index in [-0.39, 0.29) is 17.8 Å². The van der Waals surface area contributed by atoms with Crippen LogP contribution in [0, 0.1) is 5.82 Å². The number of benzene rings is 2. The largest absolute Gasteiger partial charge is 0.358 e. The van der Waals surface area contributed by atoms with Gasteiger partial charge in [-0.3, -0.25) is 4.79 Å². The average Bonchev–Trinajstić information content (AvgIpc) is 2.93. The molecule has 128 valence electrons. The Morgan fingerprint density at radius 3 is 2.84 bits per heavy atom. The number of aromatic amines is 1. The van der Waals surface area contributed by atoms with Gasteiger partial charge >= 0.3 is 0 Å². The van der Waals surface area contributed by atoms with Gasteiger partial charge < -0.3 is 10.3 Å². The van der Waals surface area contributed by atoms with Crippen molar-refractivity contribution in [1.29, 1.82) is 0 Å². The molecule has 4 rings (SSSR count). The molecule has 0 saturated carbocycles. The third-order valence-corrected chi connectivity index (χ3v) is 5.04. The van der Waals surface area contributed by atoms with Crippen LogP contribution in [0.2, 0.25) is 5.02 Å². The van der Waals surface area contributed by atoms with Gasteiger partial charge in [-0.1, -0.05) is 23.7 Å². The molecule has 1 amide bonds. The molecule has 3 aromatic rings. The quantitative estimate of drug-likeness (QED) is 0.726.